The van der Waals surface area contributed by atoms with Crippen LogP contribution in [0.1, 0.15) is 25.7 Å². The van der Waals surface area contributed by atoms with Crippen molar-refractivity contribution in [1.82, 2.24) is 9.80 Å². The lowest BCUT2D eigenvalue weighted by molar-refractivity contribution is -0.142. The maximum absolute atomic E-state index is 11.1. The van der Waals surface area contributed by atoms with Crippen LogP contribution in [-0.2, 0) is 9.59 Å². The molecule has 2 atom stereocenters. The van der Waals surface area contributed by atoms with Gasteiger partial charge in [0.2, 0.25) is 0 Å². The minimum absolute atomic E-state index is 0.0791. The molecule has 0 bridgehead atoms. The van der Waals surface area contributed by atoms with Gasteiger partial charge in [-0.3, -0.25) is 9.69 Å². The Morgan fingerprint density at radius 3 is 2.32 bits per heavy atom. The van der Waals surface area contributed by atoms with Crippen LogP contribution in [0.15, 0.2) is 24.1 Å². The molecule has 0 amide bonds. The maximum Gasteiger partial charge on any atom is 0.326 e. The quantitative estimate of drug-likeness (QED) is 0.497. The highest BCUT2D eigenvalue weighted by Crippen LogP contribution is 2.19. The van der Waals surface area contributed by atoms with Gasteiger partial charge in [0.25, 0.3) is 0 Å². The van der Waals surface area contributed by atoms with E-state index in [0.717, 1.165) is 12.8 Å². The molecule has 0 unspecified atom stereocenters. The van der Waals surface area contributed by atoms with Gasteiger partial charge in [-0.1, -0.05) is 0 Å². The lowest BCUT2D eigenvalue weighted by atomic mass is 10.2. The van der Waals surface area contributed by atoms with Crippen molar-refractivity contribution < 1.29 is 24.9 Å². The van der Waals surface area contributed by atoms with Crippen molar-refractivity contribution in [2.24, 2.45) is 0 Å². The fourth-order valence-corrected chi connectivity index (χ4v) is 3.05. The Morgan fingerprint density at radius 1 is 1.00 bits per heavy atom. The number of aliphatic carboxylic acids is 2. The van der Waals surface area contributed by atoms with Crippen molar-refractivity contribution >= 4 is 11.9 Å². The number of aliphatic hydroxyl groups excluding tert-OH is 1. The van der Waals surface area contributed by atoms with Crippen molar-refractivity contribution in [3.63, 3.8) is 0 Å². The molecule has 0 saturated carbocycles. The van der Waals surface area contributed by atoms with Gasteiger partial charge in [0.05, 0.1) is 6.54 Å². The summed E-state index contributed by atoms with van der Waals surface area (Å²) in [5.74, 6) is -1.62. The number of carboxylic acids is 2. The average Bonchev–Trinajstić information content (AvgIpc) is 3.07. The number of rotatable bonds is 6. The van der Waals surface area contributed by atoms with Crippen LogP contribution >= 0.6 is 0 Å². The number of hydrogen-bond acceptors (Lipinski definition) is 5. The number of nitrogens with zero attached hydrogens (tertiary/aromatic N) is 2. The van der Waals surface area contributed by atoms with Gasteiger partial charge in [-0.05, 0) is 50.6 Å². The summed E-state index contributed by atoms with van der Waals surface area (Å²) < 4.78 is 0. The predicted molar refractivity (Wildman–Crippen MR) is 79.4 cm³/mol. The second-order valence-corrected chi connectivity index (χ2v) is 5.70. The second kappa shape index (κ2) is 7.31. The summed E-state index contributed by atoms with van der Waals surface area (Å²) in [6, 6.07) is -1.03. The molecule has 2 saturated heterocycles. The first-order valence-corrected chi connectivity index (χ1v) is 7.51. The van der Waals surface area contributed by atoms with Crippen molar-refractivity contribution in [3.8, 4) is 0 Å². The van der Waals surface area contributed by atoms with Gasteiger partial charge in [0.15, 0.2) is 0 Å². The Hall–Kier alpha value is -2.02. The Balaban J connectivity index is 1.88. The molecule has 3 N–H and O–H groups in total. The van der Waals surface area contributed by atoms with E-state index in [1.807, 2.05) is 0 Å². The molecule has 0 aromatic rings. The second-order valence-electron chi connectivity index (χ2n) is 5.70. The minimum atomic E-state index is -0.859. The molecule has 7 nitrogen and oxygen atoms in total. The monoisotopic (exact) mass is 310 g/mol. The topological polar surface area (TPSA) is 101 Å². The van der Waals surface area contributed by atoms with Crippen LogP contribution in [0.2, 0.25) is 0 Å². The lowest BCUT2D eigenvalue weighted by Gasteiger charge is -2.20. The summed E-state index contributed by atoms with van der Waals surface area (Å²) in [5.41, 5.74) is 0. The third-order valence-corrected chi connectivity index (χ3v) is 4.16. The molecule has 22 heavy (non-hydrogen) atoms. The molecule has 2 fully saturated rings. The zero-order valence-corrected chi connectivity index (χ0v) is 12.4. The van der Waals surface area contributed by atoms with E-state index in [1.54, 1.807) is 22.1 Å². The highest BCUT2D eigenvalue weighted by atomic mass is 16.4. The maximum atomic E-state index is 11.1. The molecule has 0 aliphatic carbocycles. The fourth-order valence-electron chi connectivity index (χ4n) is 3.05. The highest BCUT2D eigenvalue weighted by molar-refractivity contribution is 5.74. The van der Waals surface area contributed by atoms with Gasteiger partial charge >= 0.3 is 11.9 Å². The third-order valence-electron chi connectivity index (χ3n) is 4.16. The van der Waals surface area contributed by atoms with Gasteiger partial charge in [-0.15, -0.1) is 0 Å². The first-order chi connectivity index (χ1) is 10.5. The Bertz CT molecular complexity index is 488. The molecular weight excluding hydrogens is 288 g/mol. The van der Waals surface area contributed by atoms with Gasteiger partial charge in [-0.25, -0.2) is 4.79 Å². The number of carbonyl (C=O) groups is 2. The molecule has 0 spiro atoms. The van der Waals surface area contributed by atoms with Crippen LogP contribution in [0.25, 0.3) is 0 Å². The van der Waals surface area contributed by atoms with Crippen LogP contribution in [0.4, 0.5) is 0 Å². The Labute approximate surface area is 129 Å². The van der Waals surface area contributed by atoms with E-state index in [1.165, 1.54) is 6.08 Å². The molecule has 122 valence electrons. The van der Waals surface area contributed by atoms with E-state index in [2.05, 4.69) is 0 Å². The lowest BCUT2D eigenvalue weighted by Crippen LogP contribution is -2.37. The molecule has 2 rings (SSSR count). The zero-order valence-electron chi connectivity index (χ0n) is 12.4. The smallest absolute Gasteiger partial charge is 0.326 e. The van der Waals surface area contributed by atoms with E-state index in [4.69, 9.17) is 10.2 Å². The number of allylic oxidation sites excluding steroid dienone is 2. The van der Waals surface area contributed by atoms with Gasteiger partial charge < -0.3 is 20.2 Å². The molecule has 0 radical (unpaired) electrons. The standard InChI is InChI=1S/C15H22N2O5/c18-11(10-17-9-3-6-13(17)15(21)22)4-1-7-16-8-2-5-12(16)14(19)20/h1,4,7,12-13,18H,2-3,5-6,8-10H2,(H,19,20)(H,21,22)/b7-1+,11-4-/t12-,13-/m0/s1. The summed E-state index contributed by atoms with van der Waals surface area (Å²) in [6.07, 6.45) is 7.66. The summed E-state index contributed by atoms with van der Waals surface area (Å²) >= 11 is 0. The molecule has 2 heterocycles. The highest BCUT2D eigenvalue weighted by Gasteiger charge is 2.30. The largest absolute Gasteiger partial charge is 0.511 e. The predicted octanol–water partition coefficient (Wildman–Crippen LogP) is 1.04. The number of carboxylic acid groups (broad SMARTS) is 2. The minimum Gasteiger partial charge on any atom is -0.511 e. The van der Waals surface area contributed by atoms with E-state index >= 15 is 0 Å². The van der Waals surface area contributed by atoms with Crippen LogP contribution in [-0.4, -0.2) is 68.8 Å². The first kappa shape index (κ1) is 16.4. The molecule has 2 aliphatic rings. The van der Waals surface area contributed by atoms with Crippen molar-refractivity contribution in [2.75, 3.05) is 19.6 Å². The average molecular weight is 310 g/mol. The van der Waals surface area contributed by atoms with E-state index < -0.39 is 24.0 Å². The summed E-state index contributed by atoms with van der Waals surface area (Å²) in [7, 11) is 0. The number of likely N-dealkylation sites (tertiary alicyclic amines) is 2. The van der Waals surface area contributed by atoms with Crippen molar-refractivity contribution in [3.05, 3.63) is 24.1 Å². The molecule has 0 aromatic heterocycles. The van der Waals surface area contributed by atoms with E-state index in [0.29, 0.717) is 25.9 Å². The van der Waals surface area contributed by atoms with Crippen molar-refractivity contribution in [1.29, 1.82) is 0 Å². The van der Waals surface area contributed by atoms with E-state index in [-0.39, 0.29) is 12.3 Å². The SMILES string of the molecule is O=C(O)[C@@H]1CCCN1/C=C/C=C(\O)CN1CCC[C@H]1C(=O)O. The number of hydrogen-bond donors (Lipinski definition) is 3. The molecular formula is C15H22N2O5. The van der Waals surface area contributed by atoms with Crippen LogP contribution in [0, 0.1) is 0 Å². The summed E-state index contributed by atoms with van der Waals surface area (Å²) in [6.45, 7) is 1.55. The number of aliphatic hydroxyl groups is 1. The Morgan fingerprint density at radius 2 is 1.64 bits per heavy atom. The molecule has 0 aromatic carbocycles. The zero-order chi connectivity index (χ0) is 16.1. The first-order valence-electron chi connectivity index (χ1n) is 7.51. The fraction of sp³-hybridized carbons (Fsp3) is 0.600. The van der Waals surface area contributed by atoms with Gasteiger partial charge in [0.1, 0.15) is 17.8 Å². The van der Waals surface area contributed by atoms with Crippen LogP contribution in [0.3, 0.4) is 0 Å². The molecule has 7 heteroatoms. The van der Waals surface area contributed by atoms with Gasteiger partial charge in [-0.2, -0.15) is 0 Å². The van der Waals surface area contributed by atoms with Crippen molar-refractivity contribution in [2.45, 2.75) is 37.8 Å². The summed E-state index contributed by atoms with van der Waals surface area (Å²) in [5, 5.41) is 28.0. The van der Waals surface area contributed by atoms with Crippen LogP contribution < -0.4 is 0 Å². The van der Waals surface area contributed by atoms with Gasteiger partial charge in [0, 0.05) is 6.54 Å². The van der Waals surface area contributed by atoms with Crippen LogP contribution in [0.5, 0.6) is 0 Å². The third kappa shape index (κ3) is 4.00. The summed E-state index contributed by atoms with van der Waals surface area (Å²) in [4.78, 5) is 25.6. The normalized spacial score (nSPS) is 26.9. The van der Waals surface area contributed by atoms with E-state index in [9.17, 15) is 14.7 Å². The Kier molecular flexibility index (Phi) is 5.43. The molecule has 2 aliphatic heterocycles.